The summed E-state index contributed by atoms with van der Waals surface area (Å²) in [5.74, 6) is -2.06. The maximum absolute atomic E-state index is 13.5. The molecule has 1 aromatic heterocycles. The molecule has 2 aromatic rings. The molecule has 0 saturated heterocycles. The molecule has 10 heteroatoms. The standard InChI is InChI=1S/C10H5ClF4N4S/c11-6-2-1-3-7(12)5(6)4-16-19-8(10(13,14)15)17-18-9(19)20/h1-4H,(H,18,20)/b16-4-. The number of H-pyrrole nitrogens is 1. The largest absolute Gasteiger partial charge is 0.453 e. The first-order valence-corrected chi connectivity index (χ1v) is 5.82. The third-order valence-corrected chi connectivity index (χ3v) is 2.80. The number of nitrogens with zero attached hydrogens (tertiary/aromatic N) is 3. The van der Waals surface area contributed by atoms with Gasteiger partial charge in [-0.3, -0.25) is 0 Å². The molecule has 0 fully saturated rings. The number of hydrogen-bond acceptors (Lipinski definition) is 3. The van der Waals surface area contributed by atoms with Crippen molar-refractivity contribution in [3.8, 4) is 0 Å². The van der Waals surface area contributed by atoms with E-state index in [1.165, 1.54) is 12.1 Å². The van der Waals surface area contributed by atoms with Crippen molar-refractivity contribution < 1.29 is 17.6 Å². The molecule has 0 bridgehead atoms. The molecule has 106 valence electrons. The van der Waals surface area contributed by atoms with Crippen LogP contribution in [0.5, 0.6) is 0 Å². The molecular formula is C10H5ClF4N4S. The summed E-state index contributed by atoms with van der Waals surface area (Å²) in [6.45, 7) is 0. The second-order valence-electron chi connectivity index (χ2n) is 3.54. The molecule has 0 atom stereocenters. The minimum Gasteiger partial charge on any atom is -0.250 e. The Morgan fingerprint density at radius 3 is 2.70 bits per heavy atom. The van der Waals surface area contributed by atoms with Crippen LogP contribution in [-0.4, -0.2) is 21.1 Å². The molecule has 0 unspecified atom stereocenters. The number of nitrogens with one attached hydrogen (secondary N) is 1. The highest BCUT2D eigenvalue weighted by atomic mass is 35.5. The van der Waals surface area contributed by atoms with Crippen LogP contribution in [0.25, 0.3) is 0 Å². The fourth-order valence-corrected chi connectivity index (χ4v) is 1.72. The molecule has 0 saturated carbocycles. The van der Waals surface area contributed by atoms with Crippen LogP contribution >= 0.6 is 23.8 Å². The van der Waals surface area contributed by atoms with Gasteiger partial charge in [0, 0.05) is 5.56 Å². The van der Waals surface area contributed by atoms with E-state index >= 15 is 0 Å². The second-order valence-corrected chi connectivity index (χ2v) is 4.34. The van der Waals surface area contributed by atoms with Crippen molar-refractivity contribution in [2.24, 2.45) is 5.10 Å². The Kier molecular flexibility index (Phi) is 3.91. The van der Waals surface area contributed by atoms with Crippen LogP contribution in [0, 0.1) is 10.6 Å². The molecule has 1 aromatic carbocycles. The van der Waals surface area contributed by atoms with Crippen LogP contribution in [0.15, 0.2) is 23.3 Å². The van der Waals surface area contributed by atoms with Crippen LogP contribution in [-0.2, 0) is 6.18 Å². The lowest BCUT2D eigenvalue weighted by atomic mass is 10.2. The summed E-state index contributed by atoms with van der Waals surface area (Å²) in [6, 6.07) is 3.84. The van der Waals surface area contributed by atoms with Gasteiger partial charge in [0.05, 0.1) is 11.2 Å². The summed E-state index contributed by atoms with van der Waals surface area (Å²) in [7, 11) is 0. The molecule has 0 spiro atoms. The summed E-state index contributed by atoms with van der Waals surface area (Å²) in [4.78, 5) is 0. The highest BCUT2D eigenvalue weighted by Crippen LogP contribution is 2.27. The third kappa shape index (κ3) is 2.88. The molecular weight excluding hydrogens is 320 g/mol. The minimum atomic E-state index is -4.75. The van der Waals surface area contributed by atoms with Crippen molar-refractivity contribution in [1.82, 2.24) is 14.9 Å². The van der Waals surface area contributed by atoms with Gasteiger partial charge in [0.1, 0.15) is 5.82 Å². The second kappa shape index (κ2) is 5.33. The minimum absolute atomic E-state index is 0.0114. The molecule has 0 aliphatic carbocycles. The summed E-state index contributed by atoms with van der Waals surface area (Å²) in [5.41, 5.74) is -0.148. The summed E-state index contributed by atoms with van der Waals surface area (Å²) in [5, 5.41) is 8.47. The number of rotatable bonds is 2. The zero-order valence-electron chi connectivity index (χ0n) is 9.45. The number of alkyl halides is 3. The van der Waals surface area contributed by atoms with Crippen LogP contribution in [0.3, 0.4) is 0 Å². The van der Waals surface area contributed by atoms with E-state index in [1.54, 1.807) is 0 Å². The van der Waals surface area contributed by atoms with Gasteiger partial charge >= 0.3 is 6.18 Å². The molecule has 0 aliphatic rings. The molecule has 20 heavy (non-hydrogen) atoms. The average Bonchev–Trinajstić information content (AvgIpc) is 2.70. The van der Waals surface area contributed by atoms with Crippen LogP contribution in [0.4, 0.5) is 17.6 Å². The zero-order chi connectivity index (χ0) is 14.9. The van der Waals surface area contributed by atoms with E-state index < -0.39 is 17.8 Å². The molecule has 1 heterocycles. The number of benzene rings is 1. The maximum atomic E-state index is 13.5. The Morgan fingerprint density at radius 1 is 1.40 bits per heavy atom. The highest BCUT2D eigenvalue weighted by Gasteiger charge is 2.37. The summed E-state index contributed by atoms with van der Waals surface area (Å²) >= 11 is 10.4. The quantitative estimate of drug-likeness (QED) is 0.521. The Morgan fingerprint density at radius 2 is 2.10 bits per heavy atom. The van der Waals surface area contributed by atoms with Crippen molar-refractivity contribution >= 4 is 30.0 Å². The van der Waals surface area contributed by atoms with Crippen molar-refractivity contribution in [3.05, 3.63) is 45.2 Å². The molecule has 0 amide bonds. The molecule has 2 rings (SSSR count). The first-order chi connectivity index (χ1) is 9.30. The average molecular weight is 325 g/mol. The lowest BCUT2D eigenvalue weighted by molar-refractivity contribution is -0.147. The van der Waals surface area contributed by atoms with E-state index in [2.05, 4.69) is 22.4 Å². The van der Waals surface area contributed by atoms with Gasteiger partial charge in [-0.1, -0.05) is 17.7 Å². The maximum Gasteiger partial charge on any atom is 0.453 e. The Labute approximate surface area is 119 Å². The van der Waals surface area contributed by atoms with Gasteiger partial charge in [0.25, 0.3) is 5.82 Å². The number of aromatic nitrogens is 3. The molecule has 0 radical (unpaired) electrons. The van der Waals surface area contributed by atoms with Crippen molar-refractivity contribution in [2.45, 2.75) is 6.18 Å². The normalized spacial score (nSPS) is 12.2. The van der Waals surface area contributed by atoms with Crippen LogP contribution < -0.4 is 0 Å². The number of hydrogen-bond donors (Lipinski definition) is 1. The topological polar surface area (TPSA) is 46.0 Å². The predicted molar refractivity (Wildman–Crippen MR) is 66.8 cm³/mol. The predicted octanol–water partition coefficient (Wildman–Crippen LogP) is 3.63. The van der Waals surface area contributed by atoms with Gasteiger partial charge in [0.2, 0.25) is 4.77 Å². The van der Waals surface area contributed by atoms with E-state index in [1.807, 2.05) is 5.10 Å². The lowest BCUT2D eigenvalue weighted by Crippen LogP contribution is -2.13. The third-order valence-electron chi connectivity index (χ3n) is 2.21. The number of halogens is 5. The van der Waals surface area contributed by atoms with Crippen molar-refractivity contribution in [1.29, 1.82) is 0 Å². The van der Waals surface area contributed by atoms with Gasteiger partial charge in [-0.05, 0) is 24.4 Å². The van der Waals surface area contributed by atoms with E-state index in [9.17, 15) is 17.6 Å². The monoisotopic (exact) mass is 324 g/mol. The SMILES string of the molecule is Fc1cccc(Cl)c1/C=N\n1c(C(F)(F)F)n[nH]c1=S. The fourth-order valence-electron chi connectivity index (χ4n) is 1.33. The van der Waals surface area contributed by atoms with Gasteiger partial charge in [0.15, 0.2) is 0 Å². The number of aromatic amines is 1. The zero-order valence-corrected chi connectivity index (χ0v) is 11.0. The summed E-state index contributed by atoms with van der Waals surface area (Å²) < 4.78 is 51.3. The van der Waals surface area contributed by atoms with Crippen LogP contribution in [0.2, 0.25) is 5.02 Å². The first-order valence-electron chi connectivity index (χ1n) is 5.03. The van der Waals surface area contributed by atoms with E-state index in [4.69, 9.17) is 11.6 Å². The summed E-state index contributed by atoms with van der Waals surface area (Å²) in [6.07, 6.45) is -3.90. The highest BCUT2D eigenvalue weighted by molar-refractivity contribution is 7.71. The Hall–Kier alpha value is -1.74. The van der Waals surface area contributed by atoms with Crippen molar-refractivity contribution in [3.63, 3.8) is 0 Å². The first kappa shape index (κ1) is 14.7. The van der Waals surface area contributed by atoms with Gasteiger partial charge in [-0.15, -0.1) is 5.10 Å². The van der Waals surface area contributed by atoms with Crippen LogP contribution in [0.1, 0.15) is 11.4 Å². The Balaban J connectivity index is 2.48. The Bertz CT molecular complexity index is 699. The van der Waals surface area contributed by atoms with Gasteiger partial charge in [-0.2, -0.15) is 22.9 Å². The van der Waals surface area contributed by atoms with Gasteiger partial charge in [-0.25, -0.2) is 9.49 Å². The van der Waals surface area contributed by atoms with E-state index in [0.29, 0.717) is 4.68 Å². The molecule has 4 nitrogen and oxygen atoms in total. The smallest absolute Gasteiger partial charge is 0.250 e. The fraction of sp³-hybridized carbons (Fsp3) is 0.100. The van der Waals surface area contributed by atoms with E-state index in [-0.39, 0.29) is 15.4 Å². The van der Waals surface area contributed by atoms with E-state index in [0.717, 1.165) is 12.3 Å². The van der Waals surface area contributed by atoms with Gasteiger partial charge < -0.3 is 0 Å². The van der Waals surface area contributed by atoms with Crippen molar-refractivity contribution in [2.75, 3.05) is 0 Å². The molecule has 1 N–H and O–H groups in total. The molecule has 0 aliphatic heterocycles. The lowest BCUT2D eigenvalue weighted by Gasteiger charge is -2.04.